The lowest BCUT2D eigenvalue weighted by molar-refractivity contribution is -0.112. The number of nitriles is 1. The predicted molar refractivity (Wildman–Crippen MR) is 109 cm³/mol. The fourth-order valence-electron chi connectivity index (χ4n) is 2.62. The molecular formula is C23H18N2O4. The van der Waals surface area contributed by atoms with Gasteiger partial charge >= 0.3 is 0 Å². The number of benzene rings is 2. The highest BCUT2D eigenvalue weighted by molar-refractivity contribution is 6.09. The monoisotopic (exact) mass is 386 g/mol. The fraction of sp³-hybridized carbons (Fsp3) is 0.0870. The second-order valence-electron chi connectivity index (χ2n) is 6.19. The molecule has 3 aromatic rings. The zero-order valence-electron chi connectivity index (χ0n) is 15.9. The van der Waals surface area contributed by atoms with E-state index >= 15 is 0 Å². The summed E-state index contributed by atoms with van der Waals surface area (Å²) in [6.45, 7) is 1.51. The maximum absolute atomic E-state index is 12.4. The molecule has 3 rings (SSSR count). The average molecular weight is 386 g/mol. The van der Waals surface area contributed by atoms with Crippen LogP contribution in [-0.2, 0) is 4.79 Å². The van der Waals surface area contributed by atoms with Crippen molar-refractivity contribution in [3.05, 3.63) is 77.6 Å². The summed E-state index contributed by atoms with van der Waals surface area (Å²) >= 11 is 0. The Morgan fingerprint density at radius 2 is 1.72 bits per heavy atom. The Bertz CT molecular complexity index is 1100. The molecule has 0 unspecified atom stereocenters. The van der Waals surface area contributed by atoms with Crippen molar-refractivity contribution in [3.8, 4) is 23.1 Å². The smallest absolute Gasteiger partial charge is 0.266 e. The highest BCUT2D eigenvalue weighted by Gasteiger charge is 2.12. The molecule has 1 N–H and O–H groups in total. The van der Waals surface area contributed by atoms with Crippen molar-refractivity contribution in [1.29, 1.82) is 5.26 Å². The van der Waals surface area contributed by atoms with Gasteiger partial charge in [-0.15, -0.1) is 0 Å². The number of nitrogens with one attached hydrogen (secondary N) is 1. The lowest BCUT2D eigenvalue weighted by Gasteiger charge is -2.05. The van der Waals surface area contributed by atoms with E-state index in [-0.39, 0.29) is 11.4 Å². The van der Waals surface area contributed by atoms with E-state index in [2.05, 4.69) is 5.32 Å². The molecule has 0 fully saturated rings. The Morgan fingerprint density at radius 1 is 1.03 bits per heavy atom. The Labute approximate surface area is 168 Å². The second kappa shape index (κ2) is 8.72. The van der Waals surface area contributed by atoms with Gasteiger partial charge in [-0.25, -0.2) is 0 Å². The number of furan rings is 1. The summed E-state index contributed by atoms with van der Waals surface area (Å²) in [6.07, 6.45) is 1.38. The van der Waals surface area contributed by atoms with Crippen LogP contribution >= 0.6 is 0 Å². The van der Waals surface area contributed by atoms with Crippen LogP contribution in [0.3, 0.4) is 0 Å². The molecule has 29 heavy (non-hydrogen) atoms. The van der Waals surface area contributed by atoms with E-state index in [1.807, 2.05) is 6.07 Å². The van der Waals surface area contributed by atoms with Gasteiger partial charge in [0.25, 0.3) is 5.91 Å². The first kappa shape index (κ1) is 19.6. The quantitative estimate of drug-likeness (QED) is 0.376. The standard InChI is InChI=1S/C23H18N2O4/c1-15(26)16-3-5-17(6-4-16)22-12-11-21(29-22)13-18(14-24)23(27)25-19-7-9-20(28-2)10-8-19/h3-13H,1-2H3,(H,25,27)/b18-13-. The summed E-state index contributed by atoms with van der Waals surface area (Å²) in [7, 11) is 1.55. The number of carbonyl (C=O) groups excluding carboxylic acids is 2. The molecule has 0 aliphatic rings. The van der Waals surface area contributed by atoms with Gasteiger partial charge in [-0.05, 0) is 43.3 Å². The average Bonchev–Trinajstić information content (AvgIpc) is 3.21. The minimum Gasteiger partial charge on any atom is -0.497 e. The molecule has 1 heterocycles. The van der Waals surface area contributed by atoms with Gasteiger partial charge in [0, 0.05) is 22.9 Å². The number of methoxy groups -OCH3 is 1. The summed E-state index contributed by atoms with van der Waals surface area (Å²) in [5.74, 6) is 1.05. The van der Waals surface area contributed by atoms with Gasteiger partial charge in [0.05, 0.1) is 7.11 Å². The fourth-order valence-corrected chi connectivity index (χ4v) is 2.62. The first-order valence-electron chi connectivity index (χ1n) is 8.78. The van der Waals surface area contributed by atoms with E-state index in [1.165, 1.54) is 13.0 Å². The normalized spacial score (nSPS) is 10.9. The predicted octanol–water partition coefficient (Wildman–Crippen LogP) is 4.70. The van der Waals surface area contributed by atoms with Crippen LogP contribution in [0.2, 0.25) is 0 Å². The van der Waals surface area contributed by atoms with Crippen LogP contribution in [0.15, 0.2) is 70.7 Å². The van der Waals surface area contributed by atoms with E-state index in [9.17, 15) is 14.9 Å². The minimum absolute atomic E-state index is 0.0128. The molecule has 6 heteroatoms. The topological polar surface area (TPSA) is 92.3 Å². The lowest BCUT2D eigenvalue weighted by atomic mass is 10.1. The maximum Gasteiger partial charge on any atom is 0.266 e. The largest absolute Gasteiger partial charge is 0.497 e. The molecule has 0 saturated heterocycles. The van der Waals surface area contributed by atoms with E-state index in [1.54, 1.807) is 67.8 Å². The third-order valence-electron chi connectivity index (χ3n) is 4.20. The van der Waals surface area contributed by atoms with Crippen molar-refractivity contribution in [3.63, 3.8) is 0 Å². The SMILES string of the molecule is COc1ccc(NC(=O)/C(C#N)=C\c2ccc(-c3ccc(C(C)=O)cc3)o2)cc1. The number of ether oxygens (including phenoxy) is 1. The van der Waals surface area contributed by atoms with Gasteiger partial charge in [0.15, 0.2) is 5.78 Å². The van der Waals surface area contributed by atoms with Crippen molar-refractivity contribution in [1.82, 2.24) is 0 Å². The Morgan fingerprint density at radius 3 is 2.31 bits per heavy atom. The summed E-state index contributed by atoms with van der Waals surface area (Å²) in [6, 6.07) is 19.1. The van der Waals surface area contributed by atoms with E-state index in [0.717, 1.165) is 5.56 Å². The summed E-state index contributed by atoms with van der Waals surface area (Å²) in [5.41, 5.74) is 1.86. The number of Topliss-reactive ketones (excluding diaryl/α,β-unsaturated/α-hetero) is 1. The molecule has 0 bridgehead atoms. The number of amides is 1. The van der Waals surface area contributed by atoms with Gasteiger partial charge in [-0.2, -0.15) is 5.26 Å². The Kier molecular flexibility index (Phi) is 5.91. The van der Waals surface area contributed by atoms with Crippen LogP contribution in [0, 0.1) is 11.3 Å². The van der Waals surface area contributed by atoms with Crippen LogP contribution in [0.1, 0.15) is 23.0 Å². The number of hydrogen-bond donors (Lipinski definition) is 1. The highest BCUT2D eigenvalue weighted by Crippen LogP contribution is 2.24. The van der Waals surface area contributed by atoms with Crippen LogP contribution < -0.4 is 10.1 Å². The molecular weight excluding hydrogens is 368 g/mol. The maximum atomic E-state index is 12.4. The summed E-state index contributed by atoms with van der Waals surface area (Å²) in [5, 5.41) is 12.0. The van der Waals surface area contributed by atoms with Gasteiger partial charge < -0.3 is 14.5 Å². The molecule has 1 amide bonds. The number of carbonyl (C=O) groups is 2. The van der Waals surface area contributed by atoms with Crippen molar-refractivity contribution >= 4 is 23.5 Å². The van der Waals surface area contributed by atoms with E-state index < -0.39 is 5.91 Å². The number of ketones is 1. The van der Waals surface area contributed by atoms with E-state index in [4.69, 9.17) is 9.15 Å². The van der Waals surface area contributed by atoms with Crippen LogP contribution in [0.4, 0.5) is 5.69 Å². The lowest BCUT2D eigenvalue weighted by Crippen LogP contribution is -2.13. The molecule has 0 aliphatic heterocycles. The third kappa shape index (κ3) is 4.79. The van der Waals surface area contributed by atoms with Crippen molar-refractivity contribution in [2.24, 2.45) is 0 Å². The third-order valence-corrected chi connectivity index (χ3v) is 4.20. The van der Waals surface area contributed by atoms with Crippen molar-refractivity contribution < 1.29 is 18.7 Å². The van der Waals surface area contributed by atoms with E-state index in [0.29, 0.717) is 28.5 Å². The molecule has 0 radical (unpaired) electrons. The zero-order chi connectivity index (χ0) is 20.8. The zero-order valence-corrected chi connectivity index (χ0v) is 15.9. The number of anilines is 1. The second-order valence-corrected chi connectivity index (χ2v) is 6.19. The summed E-state index contributed by atoms with van der Waals surface area (Å²) < 4.78 is 10.8. The molecule has 0 atom stereocenters. The first-order chi connectivity index (χ1) is 14.0. The van der Waals surface area contributed by atoms with Gasteiger partial charge in [0.2, 0.25) is 0 Å². The molecule has 2 aromatic carbocycles. The van der Waals surface area contributed by atoms with Crippen LogP contribution in [0.25, 0.3) is 17.4 Å². The number of rotatable bonds is 6. The van der Waals surface area contributed by atoms with Gasteiger partial charge in [0.1, 0.15) is 28.9 Å². The number of nitrogens with zero attached hydrogens (tertiary/aromatic N) is 1. The van der Waals surface area contributed by atoms with Crippen LogP contribution in [0.5, 0.6) is 5.75 Å². The number of hydrogen-bond acceptors (Lipinski definition) is 5. The molecule has 1 aromatic heterocycles. The molecule has 144 valence electrons. The molecule has 6 nitrogen and oxygen atoms in total. The highest BCUT2D eigenvalue weighted by atomic mass is 16.5. The van der Waals surface area contributed by atoms with Crippen molar-refractivity contribution in [2.45, 2.75) is 6.92 Å². The van der Waals surface area contributed by atoms with Crippen molar-refractivity contribution in [2.75, 3.05) is 12.4 Å². The molecule has 0 spiro atoms. The van der Waals surface area contributed by atoms with Crippen LogP contribution in [-0.4, -0.2) is 18.8 Å². The Balaban J connectivity index is 1.76. The Hall–Kier alpha value is -4.11. The van der Waals surface area contributed by atoms with Gasteiger partial charge in [-0.1, -0.05) is 24.3 Å². The summed E-state index contributed by atoms with van der Waals surface area (Å²) in [4.78, 5) is 23.7. The minimum atomic E-state index is -0.540. The van der Waals surface area contributed by atoms with Gasteiger partial charge in [-0.3, -0.25) is 9.59 Å². The molecule has 0 saturated carbocycles. The molecule has 0 aliphatic carbocycles. The first-order valence-corrected chi connectivity index (χ1v) is 8.78.